The number of ketones is 1. The largest absolute Gasteiger partial charge is 0.383 e. The van der Waals surface area contributed by atoms with Crippen LogP contribution in [0.2, 0.25) is 0 Å². The molecule has 1 fully saturated rings. The minimum atomic E-state index is -0.935. The summed E-state index contributed by atoms with van der Waals surface area (Å²) >= 11 is 0. The molecule has 0 amide bonds. The molecule has 3 aromatic rings. The standard InChI is InChI=1S/C27H36F2N6O3/c1-18-25(35(9-8-32(2)3)31-26(18)21-15-30-33(4)16-21)14-22(36)12-20-17-34(10-11-37-5)38-27(20)19-6-7-23(28)24(29)13-19/h6-7,13,15-16,20,27H,8-12,14,17H2,1-5H3/t20-,27+/m1/s1. The number of methoxy groups -OCH3 is 1. The molecule has 206 valence electrons. The summed E-state index contributed by atoms with van der Waals surface area (Å²) in [6, 6.07) is 3.76. The van der Waals surface area contributed by atoms with Gasteiger partial charge in [0, 0.05) is 70.0 Å². The Kier molecular flexibility index (Phi) is 9.03. The molecule has 1 saturated heterocycles. The zero-order valence-electron chi connectivity index (χ0n) is 22.7. The van der Waals surface area contributed by atoms with Crippen LogP contribution in [0.4, 0.5) is 8.78 Å². The molecule has 2 aromatic heterocycles. The van der Waals surface area contributed by atoms with E-state index in [2.05, 4.69) is 10.00 Å². The maximum Gasteiger partial charge on any atom is 0.159 e. The minimum absolute atomic E-state index is 0.0339. The van der Waals surface area contributed by atoms with Crippen molar-refractivity contribution in [3.63, 3.8) is 0 Å². The lowest BCUT2D eigenvalue weighted by molar-refractivity contribution is -0.155. The Bertz CT molecular complexity index is 1260. The summed E-state index contributed by atoms with van der Waals surface area (Å²) in [5, 5.41) is 10.8. The van der Waals surface area contributed by atoms with E-state index in [1.165, 1.54) is 6.07 Å². The zero-order chi connectivity index (χ0) is 27.4. The fourth-order valence-corrected chi connectivity index (χ4v) is 4.84. The molecule has 0 N–H and O–H groups in total. The molecule has 2 atom stereocenters. The first-order chi connectivity index (χ1) is 18.2. The second kappa shape index (κ2) is 12.2. The number of aryl methyl sites for hydroxylation is 1. The van der Waals surface area contributed by atoms with E-state index in [0.717, 1.165) is 41.2 Å². The lowest BCUT2D eigenvalue weighted by Gasteiger charge is -2.18. The van der Waals surface area contributed by atoms with Gasteiger partial charge in [0.05, 0.1) is 25.0 Å². The average molecular weight is 531 g/mol. The number of likely N-dealkylation sites (N-methyl/N-ethyl adjacent to an activating group) is 1. The van der Waals surface area contributed by atoms with Crippen molar-refractivity contribution in [2.75, 3.05) is 47.4 Å². The molecule has 38 heavy (non-hydrogen) atoms. The predicted molar refractivity (Wildman–Crippen MR) is 138 cm³/mol. The third kappa shape index (κ3) is 6.52. The molecule has 0 saturated carbocycles. The lowest BCUT2D eigenvalue weighted by Crippen LogP contribution is -2.24. The summed E-state index contributed by atoms with van der Waals surface area (Å²) < 4.78 is 36.4. The van der Waals surface area contributed by atoms with Crippen molar-refractivity contribution in [1.29, 1.82) is 0 Å². The van der Waals surface area contributed by atoms with Crippen molar-refractivity contribution < 1.29 is 23.1 Å². The van der Waals surface area contributed by atoms with E-state index < -0.39 is 17.7 Å². The summed E-state index contributed by atoms with van der Waals surface area (Å²) in [5.41, 5.74) is 4.04. The Morgan fingerprint density at radius 3 is 2.68 bits per heavy atom. The average Bonchev–Trinajstić information content (AvgIpc) is 3.56. The number of hydrogen-bond acceptors (Lipinski definition) is 7. The summed E-state index contributed by atoms with van der Waals surface area (Å²) in [6.07, 6.45) is 3.57. The third-order valence-electron chi connectivity index (χ3n) is 6.86. The molecule has 4 rings (SSSR count). The Hall–Kier alpha value is -2.99. The Morgan fingerprint density at radius 1 is 1.24 bits per heavy atom. The van der Waals surface area contributed by atoms with Crippen LogP contribution in [0.1, 0.15) is 29.3 Å². The first kappa shape index (κ1) is 28.0. The number of nitrogens with zero attached hydrogens (tertiary/aromatic N) is 6. The lowest BCUT2D eigenvalue weighted by atomic mass is 9.90. The number of ether oxygens (including phenoxy) is 1. The molecule has 0 bridgehead atoms. The van der Waals surface area contributed by atoms with Crippen LogP contribution in [0, 0.1) is 24.5 Å². The monoisotopic (exact) mass is 530 g/mol. The smallest absolute Gasteiger partial charge is 0.159 e. The minimum Gasteiger partial charge on any atom is -0.383 e. The van der Waals surface area contributed by atoms with Crippen molar-refractivity contribution in [2.45, 2.75) is 32.4 Å². The van der Waals surface area contributed by atoms with Crippen LogP contribution >= 0.6 is 0 Å². The number of rotatable bonds is 12. The molecule has 0 aliphatic carbocycles. The SMILES string of the molecule is COCCN1C[C@@H](CC(=O)Cc2c(C)c(-c3cnn(C)c3)nn2CCN(C)C)[C@H](c2ccc(F)c(F)c2)O1. The van der Waals surface area contributed by atoms with Gasteiger partial charge in [-0.1, -0.05) is 6.07 Å². The van der Waals surface area contributed by atoms with Gasteiger partial charge < -0.3 is 9.64 Å². The highest BCUT2D eigenvalue weighted by Crippen LogP contribution is 2.37. The first-order valence-electron chi connectivity index (χ1n) is 12.7. The number of carbonyl (C=O) groups is 1. The van der Waals surface area contributed by atoms with Gasteiger partial charge in [-0.25, -0.2) is 8.78 Å². The number of hydrogen-bond donors (Lipinski definition) is 0. The molecule has 9 nitrogen and oxygen atoms in total. The van der Waals surface area contributed by atoms with E-state index in [4.69, 9.17) is 14.7 Å². The molecule has 1 aliphatic heterocycles. The van der Waals surface area contributed by atoms with Gasteiger partial charge in [0.2, 0.25) is 0 Å². The van der Waals surface area contributed by atoms with Crippen LogP contribution in [0.25, 0.3) is 11.3 Å². The van der Waals surface area contributed by atoms with Crippen molar-refractivity contribution in [3.05, 3.63) is 59.0 Å². The fraction of sp³-hybridized carbons (Fsp3) is 0.519. The molecular formula is C27H36F2N6O3. The van der Waals surface area contributed by atoms with Gasteiger partial charge in [0.1, 0.15) is 11.9 Å². The van der Waals surface area contributed by atoms with E-state index >= 15 is 0 Å². The predicted octanol–water partition coefficient (Wildman–Crippen LogP) is 3.18. The number of benzene rings is 1. The molecule has 3 heterocycles. The second-order valence-electron chi connectivity index (χ2n) is 10.1. The van der Waals surface area contributed by atoms with Crippen molar-refractivity contribution in [1.82, 2.24) is 29.5 Å². The van der Waals surface area contributed by atoms with E-state index in [9.17, 15) is 13.6 Å². The van der Waals surface area contributed by atoms with Gasteiger partial charge in [-0.3, -0.25) is 19.0 Å². The highest BCUT2D eigenvalue weighted by molar-refractivity contribution is 5.82. The molecule has 1 aliphatic rings. The van der Waals surface area contributed by atoms with Crippen molar-refractivity contribution in [3.8, 4) is 11.3 Å². The molecule has 0 radical (unpaired) electrons. The van der Waals surface area contributed by atoms with Gasteiger partial charge >= 0.3 is 0 Å². The van der Waals surface area contributed by atoms with Gasteiger partial charge in [-0.2, -0.15) is 15.3 Å². The van der Waals surface area contributed by atoms with Gasteiger partial charge in [-0.05, 0) is 44.3 Å². The Morgan fingerprint density at radius 2 is 2.03 bits per heavy atom. The fourth-order valence-electron chi connectivity index (χ4n) is 4.84. The van der Waals surface area contributed by atoms with Crippen molar-refractivity contribution in [2.24, 2.45) is 13.0 Å². The van der Waals surface area contributed by atoms with E-state index in [0.29, 0.717) is 31.8 Å². The summed E-state index contributed by atoms with van der Waals surface area (Å²) in [6.45, 7) is 4.85. The van der Waals surface area contributed by atoms with Crippen LogP contribution in [0.5, 0.6) is 0 Å². The third-order valence-corrected chi connectivity index (χ3v) is 6.86. The van der Waals surface area contributed by atoms with E-state index in [1.807, 2.05) is 38.9 Å². The van der Waals surface area contributed by atoms with Crippen LogP contribution in [0.15, 0.2) is 30.6 Å². The first-order valence-corrected chi connectivity index (χ1v) is 12.7. The second-order valence-corrected chi connectivity index (χ2v) is 10.1. The normalized spacial score (nSPS) is 18.1. The summed E-state index contributed by atoms with van der Waals surface area (Å²) in [7, 11) is 7.45. The maximum atomic E-state index is 14.0. The number of carbonyl (C=O) groups excluding carboxylic acids is 1. The number of hydroxylamine groups is 2. The van der Waals surface area contributed by atoms with Gasteiger partial charge in [-0.15, -0.1) is 0 Å². The Balaban J connectivity index is 1.55. The highest BCUT2D eigenvalue weighted by Gasteiger charge is 2.37. The zero-order valence-corrected chi connectivity index (χ0v) is 22.7. The van der Waals surface area contributed by atoms with Crippen LogP contribution < -0.4 is 0 Å². The molecule has 1 aromatic carbocycles. The van der Waals surface area contributed by atoms with Crippen LogP contribution in [-0.4, -0.2) is 82.8 Å². The highest BCUT2D eigenvalue weighted by atomic mass is 19.2. The number of halogens is 2. The van der Waals surface area contributed by atoms with Gasteiger partial charge in [0.15, 0.2) is 11.6 Å². The van der Waals surface area contributed by atoms with Crippen molar-refractivity contribution >= 4 is 5.78 Å². The quantitative estimate of drug-likeness (QED) is 0.356. The van der Waals surface area contributed by atoms with E-state index in [1.54, 1.807) is 23.1 Å². The molecule has 0 spiro atoms. The maximum absolute atomic E-state index is 14.0. The summed E-state index contributed by atoms with van der Waals surface area (Å²) in [4.78, 5) is 21.6. The number of aromatic nitrogens is 4. The molecule has 0 unspecified atom stereocenters. The molecular weight excluding hydrogens is 494 g/mol. The van der Waals surface area contributed by atoms with E-state index in [-0.39, 0.29) is 24.5 Å². The summed E-state index contributed by atoms with van der Waals surface area (Å²) in [5.74, 6) is -2.04. The van der Waals surface area contributed by atoms with Crippen LogP contribution in [0.3, 0.4) is 0 Å². The number of Topliss-reactive ketones (excluding diaryl/α,β-unsaturated/α-hetero) is 1. The van der Waals surface area contributed by atoms with Crippen LogP contribution in [-0.2, 0) is 34.4 Å². The topological polar surface area (TPSA) is 77.7 Å². The Labute approximate surface area is 221 Å². The molecule has 11 heteroatoms. The van der Waals surface area contributed by atoms with Gasteiger partial charge in [0.25, 0.3) is 0 Å².